The molecule has 0 saturated carbocycles. The van der Waals surface area contributed by atoms with Gasteiger partial charge in [0, 0.05) is 31.9 Å². The fourth-order valence-corrected chi connectivity index (χ4v) is 2.61. The van der Waals surface area contributed by atoms with Crippen molar-refractivity contribution in [2.24, 2.45) is 5.92 Å². The minimum atomic E-state index is -0.924. The summed E-state index contributed by atoms with van der Waals surface area (Å²) in [4.78, 5) is 31.9. The van der Waals surface area contributed by atoms with Gasteiger partial charge in [-0.3, -0.25) is 0 Å². The van der Waals surface area contributed by atoms with E-state index < -0.39 is 12.0 Å². The summed E-state index contributed by atoms with van der Waals surface area (Å²) in [5.41, 5.74) is 0. The molecule has 0 spiro atoms. The Kier molecular flexibility index (Phi) is 5.19. The Morgan fingerprint density at radius 1 is 1.57 bits per heavy atom. The zero-order valence-corrected chi connectivity index (χ0v) is 12.2. The normalized spacial score (nSPS) is 22.0. The average Bonchev–Trinajstić information content (AvgIpc) is 2.96. The Labute approximate surface area is 123 Å². The third-order valence-electron chi connectivity index (χ3n) is 3.83. The van der Waals surface area contributed by atoms with Crippen molar-refractivity contribution in [3.05, 3.63) is 18.2 Å². The Morgan fingerprint density at radius 2 is 2.38 bits per heavy atom. The minimum absolute atomic E-state index is 0.284. The number of imidazole rings is 1. The number of hydrogen-bond acceptors (Lipinski definition) is 3. The van der Waals surface area contributed by atoms with Crippen LogP contribution < -0.4 is 5.32 Å². The molecule has 0 aromatic carbocycles. The molecule has 3 N–H and O–H groups in total. The second kappa shape index (κ2) is 7.10. The van der Waals surface area contributed by atoms with Crippen molar-refractivity contribution in [2.75, 3.05) is 13.1 Å². The maximum absolute atomic E-state index is 12.1. The molecule has 1 aromatic heterocycles. The van der Waals surface area contributed by atoms with E-state index in [0.29, 0.717) is 25.4 Å². The smallest absolute Gasteiger partial charge is 0.326 e. The number of piperidine rings is 1. The molecule has 1 aliphatic heterocycles. The van der Waals surface area contributed by atoms with Crippen LogP contribution in [-0.2, 0) is 11.2 Å². The fourth-order valence-electron chi connectivity index (χ4n) is 2.61. The molecule has 2 amide bonds. The second-order valence-corrected chi connectivity index (χ2v) is 5.55. The van der Waals surface area contributed by atoms with Crippen LogP contribution in [0, 0.1) is 5.92 Å². The molecule has 2 heterocycles. The summed E-state index contributed by atoms with van der Waals surface area (Å²) >= 11 is 0. The van der Waals surface area contributed by atoms with Crippen LogP contribution in [0.5, 0.6) is 0 Å². The molecular formula is C14H22N4O3. The van der Waals surface area contributed by atoms with Crippen molar-refractivity contribution < 1.29 is 14.7 Å². The van der Waals surface area contributed by atoms with Crippen LogP contribution in [-0.4, -0.2) is 51.1 Å². The minimum Gasteiger partial charge on any atom is -0.480 e. The first-order chi connectivity index (χ1) is 10.1. The number of aliphatic carboxylic acids is 1. The highest BCUT2D eigenvalue weighted by atomic mass is 16.4. The molecule has 0 bridgehead atoms. The number of likely N-dealkylation sites (tertiary alicyclic amines) is 1. The standard InChI is InChI=1S/C14H22N4O3/c1-10-4-8-18(11(9-10)13(19)20)14(21)17-5-2-3-12-15-6-7-16-12/h6-7,10-11H,2-5,8-9H2,1H3,(H,15,16)(H,17,21)(H,19,20). The molecule has 116 valence electrons. The number of rotatable bonds is 5. The van der Waals surface area contributed by atoms with Gasteiger partial charge in [0.25, 0.3) is 0 Å². The Morgan fingerprint density at radius 3 is 3.05 bits per heavy atom. The predicted molar refractivity (Wildman–Crippen MR) is 76.8 cm³/mol. The lowest BCUT2D eigenvalue weighted by Crippen LogP contribution is -2.53. The highest BCUT2D eigenvalue weighted by molar-refractivity contribution is 5.82. The van der Waals surface area contributed by atoms with E-state index in [-0.39, 0.29) is 6.03 Å². The number of aromatic amines is 1. The van der Waals surface area contributed by atoms with Crippen molar-refractivity contribution >= 4 is 12.0 Å². The van der Waals surface area contributed by atoms with Gasteiger partial charge in [0.2, 0.25) is 0 Å². The van der Waals surface area contributed by atoms with Crippen LogP contribution in [0.1, 0.15) is 32.0 Å². The largest absolute Gasteiger partial charge is 0.480 e. The molecule has 1 saturated heterocycles. The molecule has 1 aliphatic rings. The summed E-state index contributed by atoms with van der Waals surface area (Å²) in [6.07, 6.45) is 6.35. The van der Waals surface area contributed by atoms with Crippen LogP contribution in [0.4, 0.5) is 4.79 Å². The van der Waals surface area contributed by atoms with E-state index in [1.807, 2.05) is 6.92 Å². The summed E-state index contributed by atoms with van der Waals surface area (Å²) < 4.78 is 0. The number of carbonyl (C=O) groups is 2. The molecule has 1 fully saturated rings. The summed E-state index contributed by atoms with van der Waals surface area (Å²) in [5, 5.41) is 12.0. The summed E-state index contributed by atoms with van der Waals surface area (Å²) in [7, 11) is 0. The van der Waals surface area contributed by atoms with Gasteiger partial charge in [-0.25, -0.2) is 14.6 Å². The first-order valence-corrected chi connectivity index (χ1v) is 7.33. The molecule has 0 radical (unpaired) electrons. The van der Waals surface area contributed by atoms with E-state index in [9.17, 15) is 14.7 Å². The molecule has 2 unspecified atom stereocenters. The molecular weight excluding hydrogens is 272 g/mol. The predicted octanol–water partition coefficient (Wildman–Crippen LogP) is 1.24. The monoisotopic (exact) mass is 294 g/mol. The number of carboxylic acid groups (broad SMARTS) is 1. The lowest BCUT2D eigenvalue weighted by Gasteiger charge is -2.35. The van der Waals surface area contributed by atoms with Crippen LogP contribution in [0.15, 0.2) is 12.4 Å². The summed E-state index contributed by atoms with van der Waals surface area (Å²) in [6, 6.07) is -0.993. The van der Waals surface area contributed by atoms with Crippen molar-refractivity contribution in [2.45, 2.75) is 38.6 Å². The number of hydrogen-bond donors (Lipinski definition) is 3. The van der Waals surface area contributed by atoms with E-state index in [1.165, 1.54) is 4.90 Å². The van der Waals surface area contributed by atoms with Crippen molar-refractivity contribution in [1.29, 1.82) is 0 Å². The van der Waals surface area contributed by atoms with Gasteiger partial charge in [-0.1, -0.05) is 6.92 Å². The molecule has 2 atom stereocenters. The number of amides is 2. The van der Waals surface area contributed by atoms with Crippen LogP contribution in [0.3, 0.4) is 0 Å². The molecule has 21 heavy (non-hydrogen) atoms. The van der Waals surface area contributed by atoms with Gasteiger partial charge in [0.15, 0.2) is 0 Å². The van der Waals surface area contributed by atoms with Crippen LogP contribution >= 0.6 is 0 Å². The quantitative estimate of drug-likeness (QED) is 0.711. The lowest BCUT2D eigenvalue weighted by molar-refractivity contribution is -0.143. The van der Waals surface area contributed by atoms with E-state index >= 15 is 0 Å². The van der Waals surface area contributed by atoms with E-state index in [4.69, 9.17) is 0 Å². The number of nitrogens with one attached hydrogen (secondary N) is 2. The maximum Gasteiger partial charge on any atom is 0.326 e. The van der Waals surface area contributed by atoms with Gasteiger partial charge in [-0.2, -0.15) is 0 Å². The maximum atomic E-state index is 12.1. The highest BCUT2D eigenvalue weighted by Crippen LogP contribution is 2.22. The van der Waals surface area contributed by atoms with E-state index in [1.54, 1.807) is 12.4 Å². The average molecular weight is 294 g/mol. The Hall–Kier alpha value is -2.05. The molecule has 7 heteroatoms. The molecule has 0 aliphatic carbocycles. The highest BCUT2D eigenvalue weighted by Gasteiger charge is 2.34. The fraction of sp³-hybridized carbons (Fsp3) is 0.643. The Balaban J connectivity index is 1.77. The number of aromatic nitrogens is 2. The Bertz CT molecular complexity index is 475. The van der Waals surface area contributed by atoms with E-state index in [0.717, 1.165) is 25.1 Å². The van der Waals surface area contributed by atoms with Gasteiger partial charge in [-0.15, -0.1) is 0 Å². The lowest BCUT2D eigenvalue weighted by atomic mass is 9.93. The number of carbonyl (C=O) groups excluding carboxylic acids is 1. The second-order valence-electron chi connectivity index (χ2n) is 5.55. The molecule has 1 aromatic rings. The van der Waals surface area contributed by atoms with Gasteiger partial charge in [-0.05, 0) is 25.2 Å². The van der Waals surface area contributed by atoms with Gasteiger partial charge < -0.3 is 20.3 Å². The van der Waals surface area contributed by atoms with Crippen molar-refractivity contribution in [1.82, 2.24) is 20.2 Å². The van der Waals surface area contributed by atoms with Gasteiger partial charge >= 0.3 is 12.0 Å². The molecule has 7 nitrogen and oxygen atoms in total. The van der Waals surface area contributed by atoms with Gasteiger partial charge in [0.05, 0.1) is 0 Å². The third-order valence-corrected chi connectivity index (χ3v) is 3.83. The number of nitrogens with zero attached hydrogens (tertiary/aromatic N) is 2. The summed E-state index contributed by atoms with van der Waals surface area (Å²) in [6.45, 7) is 3.04. The molecule has 2 rings (SSSR count). The van der Waals surface area contributed by atoms with Gasteiger partial charge in [0.1, 0.15) is 11.9 Å². The SMILES string of the molecule is CC1CCN(C(=O)NCCCc2ncc[nH]2)C(C(=O)O)C1. The number of aryl methyl sites for hydroxylation is 1. The summed E-state index contributed by atoms with van der Waals surface area (Å²) in [5.74, 6) is 0.306. The zero-order chi connectivity index (χ0) is 15.2. The third kappa shape index (κ3) is 4.21. The van der Waals surface area contributed by atoms with Crippen LogP contribution in [0.2, 0.25) is 0 Å². The van der Waals surface area contributed by atoms with Crippen molar-refractivity contribution in [3.63, 3.8) is 0 Å². The number of H-pyrrole nitrogens is 1. The number of urea groups is 1. The van der Waals surface area contributed by atoms with Crippen molar-refractivity contribution in [3.8, 4) is 0 Å². The first kappa shape index (κ1) is 15.3. The first-order valence-electron chi connectivity index (χ1n) is 7.33. The number of carboxylic acids is 1. The topological polar surface area (TPSA) is 98.3 Å². The van der Waals surface area contributed by atoms with E-state index in [2.05, 4.69) is 15.3 Å². The zero-order valence-electron chi connectivity index (χ0n) is 12.2. The van der Waals surface area contributed by atoms with Crippen LogP contribution in [0.25, 0.3) is 0 Å².